The largest absolute Gasteiger partial charge is 0.393 e. The van der Waals surface area contributed by atoms with E-state index in [2.05, 4.69) is 22.9 Å². The predicted molar refractivity (Wildman–Crippen MR) is 68.3 cm³/mol. The predicted octanol–water partition coefficient (Wildman–Crippen LogP) is 1.89. The van der Waals surface area contributed by atoms with Crippen molar-refractivity contribution in [2.75, 3.05) is 18.0 Å². The molecule has 4 heteroatoms. The van der Waals surface area contributed by atoms with E-state index in [1.54, 1.807) is 0 Å². The van der Waals surface area contributed by atoms with Gasteiger partial charge in [0.2, 0.25) is 0 Å². The SMILES string of the molecule is CCN(CCC(N)=S)c1ccnc(C)c1. The average Bonchev–Trinajstić information content (AvgIpc) is 2.18. The molecule has 2 N–H and O–H groups in total. The number of hydrogen-bond donors (Lipinski definition) is 1. The van der Waals surface area contributed by atoms with Crippen LogP contribution in [-0.4, -0.2) is 23.1 Å². The zero-order chi connectivity index (χ0) is 11.3. The Bertz CT molecular complexity index is 338. The Morgan fingerprint density at radius 3 is 2.87 bits per heavy atom. The van der Waals surface area contributed by atoms with Crippen LogP contribution in [-0.2, 0) is 0 Å². The Hall–Kier alpha value is -1.16. The standard InChI is InChI=1S/C11H17N3S/c1-3-14(7-5-11(12)15)10-4-6-13-9(2)8-10/h4,6,8H,3,5,7H2,1-2H3,(H2,12,15). The molecule has 0 radical (unpaired) electrons. The molecular formula is C11H17N3S. The molecule has 0 saturated carbocycles. The molecule has 0 saturated heterocycles. The highest BCUT2D eigenvalue weighted by Gasteiger charge is 2.04. The highest BCUT2D eigenvalue weighted by Crippen LogP contribution is 2.14. The number of aromatic nitrogens is 1. The molecule has 0 atom stereocenters. The van der Waals surface area contributed by atoms with Gasteiger partial charge in [-0.3, -0.25) is 4.98 Å². The van der Waals surface area contributed by atoms with Crippen molar-refractivity contribution in [3.8, 4) is 0 Å². The molecule has 1 rings (SSSR count). The summed E-state index contributed by atoms with van der Waals surface area (Å²) in [5.41, 5.74) is 7.71. The molecule has 0 amide bonds. The van der Waals surface area contributed by atoms with E-state index in [1.165, 1.54) is 5.69 Å². The minimum absolute atomic E-state index is 0.569. The van der Waals surface area contributed by atoms with Crippen molar-refractivity contribution < 1.29 is 0 Å². The molecule has 0 aliphatic rings. The second kappa shape index (κ2) is 5.66. The molecule has 0 aliphatic carbocycles. The molecule has 0 aliphatic heterocycles. The number of anilines is 1. The van der Waals surface area contributed by atoms with Gasteiger partial charge in [0.25, 0.3) is 0 Å². The molecule has 1 heterocycles. The Morgan fingerprint density at radius 1 is 1.60 bits per heavy atom. The number of nitrogens with zero attached hydrogens (tertiary/aromatic N) is 2. The smallest absolute Gasteiger partial charge is 0.0745 e. The van der Waals surface area contributed by atoms with Gasteiger partial charge in [-0.15, -0.1) is 0 Å². The molecule has 3 nitrogen and oxygen atoms in total. The quantitative estimate of drug-likeness (QED) is 0.774. The highest BCUT2D eigenvalue weighted by molar-refractivity contribution is 7.80. The van der Waals surface area contributed by atoms with Gasteiger partial charge in [-0.1, -0.05) is 12.2 Å². The third-order valence-corrected chi connectivity index (χ3v) is 2.46. The van der Waals surface area contributed by atoms with E-state index in [-0.39, 0.29) is 0 Å². The van der Waals surface area contributed by atoms with E-state index in [0.717, 1.165) is 25.2 Å². The molecule has 0 fully saturated rings. The molecule has 82 valence electrons. The minimum atomic E-state index is 0.569. The molecule has 0 unspecified atom stereocenters. The van der Waals surface area contributed by atoms with Gasteiger partial charge in [0.05, 0.1) is 4.99 Å². The zero-order valence-electron chi connectivity index (χ0n) is 9.23. The van der Waals surface area contributed by atoms with Crippen molar-refractivity contribution in [1.82, 2.24) is 4.98 Å². The van der Waals surface area contributed by atoms with Gasteiger partial charge < -0.3 is 10.6 Å². The molecular weight excluding hydrogens is 206 g/mol. The van der Waals surface area contributed by atoms with Crippen LogP contribution in [0, 0.1) is 6.92 Å². The van der Waals surface area contributed by atoms with Crippen LogP contribution in [0.1, 0.15) is 19.0 Å². The maximum atomic E-state index is 5.50. The van der Waals surface area contributed by atoms with Crippen LogP contribution in [0.4, 0.5) is 5.69 Å². The summed E-state index contributed by atoms with van der Waals surface area (Å²) in [5.74, 6) is 0. The molecule has 0 spiro atoms. The number of rotatable bonds is 5. The number of aryl methyl sites for hydroxylation is 1. The van der Waals surface area contributed by atoms with E-state index in [0.29, 0.717) is 4.99 Å². The highest BCUT2D eigenvalue weighted by atomic mass is 32.1. The van der Waals surface area contributed by atoms with Gasteiger partial charge in [0.15, 0.2) is 0 Å². The first-order valence-electron chi connectivity index (χ1n) is 5.09. The fourth-order valence-corrected chi connectivity index (χ4v) is 1.53. The Morgan fingerprint density at radius 2 is 2.33 bits per heavy atom. The van der Waals surface area contributed by atoms with Crippen molar-refractivity contribution in [3.05, 3.63) is 24.0 Å². The fourth-order valence-electron chi connectivity index (χ4n) is 1.44. The van der Waals surface area contributed by atoms with E-state index < -0.39 is 0 Å². The summed E-state index contributed by atoms with van der Waals surface area (Å²) < 4.78 is 0. The maximum Gasteiger partial charge on any atom is 0.0745 e. The van der Waals surface area contributed by atoms with E-state index >= 15 is 0 Å². The van der Waals surface area contributed by atoms with Gasteiger partial charge in [-0.25, -0.2) is 0 Å². The topological polar surface area (TPSA) is 42.1 Å². The maximum absolute atomic E-state index is 5.50. The molecule has 1 aromatic rings. The van der Waals surface area contributed by atoms with Crippen molar-refractivity contribution in [1.29, 1.82) is 0 Å². The lowest BCUT2D eigenvalue weighted by atomic mass is 10.3. The van der Waals surface area contributed by atoms with Crippen LogP contribution in [0.15, 0.2) is 18.3 Å². The first kappa shape index (κ1) is 11.9. The Kier molecular flexibility index (Phi) is 4.49. The fraction of sp³-hybridized carbons (Fsp3) is 0.455. The number of hydrogen-bond acceptors (Lipinski definition) is 3. The van der Waals surface area contributed by atoms with Gasteiger partial charge in [0, 0.05) is 37.1 Å². The average molecular weight is 223 g/mol. The van der Waals surface area contributed by atoms with Crippen LogP contribution < -0.4 is 10.6 Å². The van der Waals surface area contributed by atoms with Crippen molar-refractivity contribution >= 4 is 22.9 Å². The summed E-state index contributed by atoms with van der Waals surface area (Å²) in [7, 11) is 0. The van der Waals surface area contributed by atoms with E-state index in [1.807, 2.05) is 19.2 Å². The van der Waals surface area contributed by atoms with Gasteiger partial charge in [0.1, 0.15) is 0 Å². The second-order valence-electron chi connectivity index (χ2n) is 3.45. The third-order valence-electron chi connectivity index (χ3n) is 2.26. The summed E-state index contributed by atoms with van der Waals surface area (Å²) in [6, 6.07) is 4.08. The van der Waals surface area contributed by atoms with Crippen LogP contribution in [0.3, 0.4) is 0 Å². The Labute approximate surface area is 96.3 Å². The van der Waals surface area contributed by atoms with Crippen LogP contribution in [0.5, 0.6) is 0 Å². The molecule has 15 heavy (non-hydrogen) atoms. The summed E-state index contributed by atoms with van der Waals surface area (Å²) in [6.07, 6.45) is 2.58. The van der Waals surface area contributed by atoms with Gasteiger partial charge in [-0.05, 0) is 26.0 Å². The minimum Gasteiger partial charge on any atom is -0.393 e. The molecule has 0 bridgehead atoms. The third kappa shape index (κ3) is 3.83. The monoisotopic (exact) mass is 223 g/mol. The summed E-state index contributed by atoms with van der Waals surface area (Å²) in [4.78, 5) is 6.99. The number of nitrogens with two attached hydrogens (primary N) is 1. The second-order valence-corrected chi connectivity index (χ2v) is 3.98. The lowest BCUT2D eigenvalue weighted by Gasteiger charge is -2.22. The number of pyridine rings is 1. The summed E-state index contributed by atoms with van der Waals surface area (Å²) in [5, 5.41) is 0. The summed E-state index contributed by atoms with van der Waals surface area (Å²) in [6.45, 7) is 5.93. The van der Waals surface area contributed by atoms with Crippen molar-refractivity contribution in [3.63, 3.8) is 0 Å². The van der Waals surface area contributed by atoms with Crippen molar-refractivity contribution in [2.24, 2.45) is 5.73 Å². The molecule has 1 aromatic heterocycles. The van der Waals surface area contributed by atoms with Crippen LogP contribution in [0.25, 0.3) is 0 Å². The Balaban J connectivity index is 2.69. The lowest BCUT2D eigenvalue weighted by molar-refractivity contribution is 0.835. The molecule has 0 aromatic carbocycles. The van der Waals surface area contributed by atoms with Crippen LogP contribution >= 0.6 is 12.2 Å². The first-order chi connectivity index (χ1) is 7.13. The first-order valence-corrected chi connectivity index (χ1v) is 5.50. The van der Waals surface area contributed by atoms with Crippen molar-refractivity contribution in [2.45, 2.75) is 20.3 Å². The van der Waals surface area contributed by atoms with E-state index in [4.69, 9.17) is 18.0 Å². The van der Waals surface area contributed by atoms with Gasteiger partial charge >= 0.3 is 0 Å². The zero-order valence-corrected chi connectivity index (χ0v) is 10.0. The number of thiocarbonyl (C=S) groups is 1. The summed E-state index contributed by atoms with van der Waals surface area (Å²) >= 11 is 4.88. The van der Waals surface area contributed by atoms with Crippen LogP contribution in [0.2, 0.25) is 0 Å². The van der Waals surface area contributed by atoms with E-state index in [9.17, 15) is 0 Å². The lowest BCUT2D eigenvalue weighted by Crippen LogP contribution is -2.27. The van der Waals surface area contributed by atoms with Gasteiger partial charge in [-0.2, -0.15) is 0 Å². The normalized spacial score (nSPS) is 10.0.